The van der Waals surface area contributed by atoms with Crippen LogP contribution in [0.5, 0.6) is 5.75 Å². The van der Waals surface area contributed by atoms with Crippen molar-refractivity contribution in [3.05, 3.63) is 54.6 Å². The molecule has 81 valence electrons. The molecule has 1 heteroatoms. The molecule has 0 N–H and O–H groups in total. The summed E-state index contributed by atoms with van der Waals surface area (Å²) in [5.41, 5.74) is 2.33. The predicted octanol–water partition coefficient (Wildman–Crippen LogP) is 3.94. The average Bonchev–Trinajstić information content (AvgIpc) is 2.30. The number of hydrogen-bond donors (Lipinski definition) is 0. The van der Waals surface area contributed by atoms with Crippen molar-refractivity contribution in [2.45, 2.75) is 20.0 Å². The van der Waals surface area contributed by atoms with Gasteiger partial charge in [0.15, 0.2) is 0 Å². The van der Waals surface area contributed by atoms with E-state index in [4.69, 9.17) is 4.74 Å². The van der Waals surface area contributed by atoms with Crippen molar-refractivity contribution in [1.29, 1.82) is 0 Å². The van der Waals surface area contributed by atoms with Gasteiger partial charge in [0, 0.05) is 0 Å². The molecule has 2 rings (SSSR count). The Morgan fingerprint density at radius 2 is 1.75 bits per heavy atom. The van der Waals surface area contributed by atoms with Crippen molar-refractivity contribution < 1.29 is 4.74 Å². The Labute approximate surface area is 96.7 Å². The third-order valence-corrected chi connectivity index (χ3v) is 2.24. The summed E-state index contributed by atoms with van der Waals surface area (Å²) in [5, 5.41) is 0. The van der Waals surface area contributed by atoms with Gasteiger partial charge in [-0.25, -0.2) is 0 Å². The molecule has 0 saturated heterocycles. The summed E-state index contributed by atoms with van der Waals surface area (Å²) in [6, 6.07) is 19.3. The highest BCUT2D eigenvalue weighted by Crippen LogP contribution is 2.23. The quantitative estimate of drug-likeness (QED) is 0.747. The first-order valence-electron chi connectivity index (χ1n) is 5.49. The van der Waals surface area contributed by atoms with Crippen LogP contribution in [0, 0.1) is 6.07 Å². The van der Waals surface area contributed by atoms with Crippen molar-refractivity contribution in [3.8, 4) is 16.9 Å². The van der Waals surface area contributed by atoms with E-state index >= 15 is 0 Å². The second kappa shape index (κ2) is 4.84. The highest BCUT2D eigenvalue weighted by atomic mass is 16.5. The van der Waals surface area contributed by atoms with Gasteiger partial charge in [0.05, 0.1) is 6.10 Å². The number of benzene rings is 2. The van der Waals surface area contributed by atoms with Crippen LogP contribution in [0.4, 0.5) is 0 Å². The van der Waals surface area contributed by atoms with Crippen molar-refractivity contribution in [2.75, 3.05) is 0 Å². The number of rotatable bonds is 3. The zero-order valence-electron chi connectivity index (χ0n) is 9.60. The summed E-state index contributed by atoms with van der Waals surface area (Å²) in [7, 11) is 0. The second-order valence-corrected chi connectivity index (χ2v) is 3.99. The molecule has 0 aliphatic carbocycles. The molecule has 0 heterocycles. The van der Waals surface area contributed by atoms with Crippen molar-refractivity contribution in [2.24, 2.45) is 0 Å². The van der Waals surface area contributed by atoms with Crippen molar-refractivity contribution in [3.63, 3.8) is 0 Å². The van der Waals surface area contributed by atoms with Crippen LogP contribution >= 0.6 is 0 Å². The van der Waals surface area contributed by atoms with Gasteiger partial charge in [-0.15, -0.1) is 0 Å². The maximum atomic E-state index is 5.65. The molecule has 0 aromatic heterocycles. The fourth-order valence-electron chi connectivity index (χ4n) is 1.59. The van der Waals surface area contributed by atoms with E-state index < -0.39 is 0 Å². The molecule has 2 aromatic carbocycles. The first-order chi connectivity index (χ1) is 7.75. The SMILES string of the molecule is CC(C)Oc1c[c]cc(-c2ccccc2)c1. The Bertz CT molecular complexity index is 446. The monoisotopic (exact) mass is 211 g/mol. The molecule has 2 aromatic rings. The summed E-state index contributed by atoms with van der Waals surface area (Å²) < 4.78 is 5.65. The first-order valence-corrected chi connectivity index (χ1v) is 5.49. The Kier molecular flexibility index (Phi) is 3.25. The summed E-state index contributed by atoms with van der Waals surface area (Å²) in [6.45, 7) is 4.05. The molecular weight excluding hydrogens is 196 g/mol. The van der Waals surface area contributed by atoms with Crippen LogP contribution < -0.4 is 4.74 Å². The molecule has 0 bridgehead atoms. The smallest absolute Gasteiger partial charge is 0.120 e. The van der Waals surface area contributed by atoms with E-state index in [2.05, 4.69) is 18.2 Å². The van der Waals surface area contributed by atoms with Gasteiger partial charge in [-0.2, -0.15) is 0 Å². The fraction of sp³-hybridized carbons (Fsp3) is 0.200. The molecule has 1 radical (unpaired) electrons. The Morgan fingerprint density at radius 1 is 1.00 bits per heavy atom. The Hall–Kier alpha value is -1.76. The van der Waals surface area contributed by atoms with E-state index in [9.17, 15) is 0 Å². The van der Waals surface area contributed by atoms with Gasteiger partial charge in [0.2, 0.25) is 0 Å². The summed E-state index contributed by atoms with van der Waals surface area (Å²) in [6.07, 6.45) is 0.194. The van der Waals surface area contributed by atoms with E-state index in [1.807, 2.05) is 50.2 Å². The van der Waals surface area contributed by atoms with Crippen LogP contribution in [-0.4, -0.2) is 6.10 Å². The summed E-state index contributed by atoms with van der Waals surface area (Å²) >= 11 is 0. The van der Waals surface area contributed by atoms with E-state index in [1.165, 1.54) is 5.56 Å². The van der Waals surface area contributed by atoms with E-state index in [1.54, 1.807) is 0 Å². The van der Waals surface area contributed by atoms with Gasteiger partial charge in [-0.3, -0.25) is 0 Å². The third-order valence-electron chi connectivity index (χ3n) is 2.24. The molecule has 0 aliphatic rings. The zero-order valence-corrected chi connectivity index (χ0v) is 9.60. The maximum absolute atomic E-state index is 5.65. The zero-order chi connectivity index (χ0) is 11.4. The van der Waals surface area contributed by atoms with Gasteiger partial charge < -0.3 is 4.74 Å². The largest absolute Gasteiger partial charge is 0.491 e. The molecule has 0 amide bonds. The van der Waals surface area contributed by atoms with Crippen LogP contribution in [-0.2, 0) is 0 Å². The van der Waals surface area contributed by atoms with E-state index in [0.29, 0.717) is 0 Å². The second-order valence-electron chi connectivity index (χ2n) is 3.99. The normalized spacial score (nSPS) is 10.4. The van der Waals surface area contributed by atoms with Gasteiger partial charge in [-0.05, 0) is 49.2 Å². The highest BCUT2D eigenvalue weighted by Gasteiger charge is 2.01. The molecule has 0 spiro atoms. The lowest BCUT2D eigenvalue weighted by Gasteiger charge is -2.10. The topological polar surface area (TPSA) is 9.23 Å². The van der Waals surface area contributed by atoms with E-state index in [-0.39, 0.29) is 6.10 Å². The van der Waals surface area contributed by atoms with Crippen LogP contribution in [0.1, 0.15) is 13.8 Å². The van der Waals surface area contributed by atoms with Crippen LogP contribution in [0.15, 0.2) is 48.5 Å². The van der Waals surface area contributed by atoms with Crippen LogP contribution in [0.3, 0.4) is 0 Å². The maximum Gasteiger partial charge on any atom is 0.120 e. The molecule has 0 saturated carbocycles. The minimum absolute atomic E-state index is 0.194. The molecule has 16 heavy (non-hydrogen) atoms. The molecule has 0 unspecified atom stereocenters. The molecule has 0 aliphatic heterocycles. The Balaban J connectivity index is 2.29. The molecule has 1 nitrogen and oxygen atoms in total. The van der Waals surface area contributed by atoms with Crippen molar-refractivity contribution >= 4 is 0 Å². The molecule has 0 atom stereocenters. The minimum atomic E-state index is 0.194. The lowest BCUT2D eigenvalue weighted by atomic mass is 10.1. The first kappa shape index (κ1) is 10.7. The standard InChI is InChI=1S/C15H15O/c1-12(2)16-15-10-6-9-14(11-15)13-7-4-3-5-8-13/h3-5,7-12H,1-2H3. The van der Waals surface area contributed by atoms with Crippen molar-refractivity contribution in [1.82, 2.24) is 0 Å². The lowest BCUT2D eigenvalue weighted by Crippen LogP contribution is -2.05. The Morgan fingerprint density at radius 3 is 2.44 bits per heavy atom. The van der Waals surface area contributed by atoms with Gasteiger partial charge in [0.25, 0.3) is 0 Å². The average molecular weight is 211 g/mol. The predicted molar refractivity (Wildman–Crippen MR) is 66.5 cm³/mol. The van der Waals surface area contributed by atoms with Gasteiger partial charge in [0.1, 0.15) is 5.75 Å². The van der Waals surface area contributed by atoms with Gasteiger partial charge in [-0.1, -0.05) is 30.3 Å². The summed E-state index contributed by atoms with van der Waals surface area (Å²) in [4.78, 5) is 0. The molecular formula is C15H15O. The van der Waals surface area contributed by atoms with E-state index in [0.717, 1.165) is 11.3 Å². The third kappa shape index (κ3) is 2.63. The van der Waals surface area contributed by atoms with Gasteiger partial charge >= 0.3 is 0 Å². The fourth-order valence-corrected chi connectivity index (χ4v) is 1.59. The molecule has 0 fully saturated rings. The number of hydrogen-bond acceptors (Lipinski definition) is 1. The highest BCUT2D eigenvalue weighted by molar-refractivity contribution is 5.64. The van der Waals surface area contributed by atoms with Crippen LogP contribution in [0.25, 0.3) is 11.1 Å². The number of ether oxygens (including phenoxy) is 1. The lowest BCUT2D eigenvalue weighted by molar-refractivity contribution is 0.242. The minimum Gasteiger partial charge on any atom is -0.491 e. The van der Waals surface area contributed by atoms with Crippen LogP contribution in [0.2, 0.25) is 0 Å². The summed E-state index contributed by atoms with van der Waals surface area (Å²) in [5.74, 6) is 0.872.